The minimum absolute atomic E-state index is 0.129. The number of amides is 2. The van der Waals surface area contributed by atoms with Crippen LogP contribution in [0.1, 0.15) is 24.0 Å². The smallest absolute Gasteiger partial charge is 0.271 e. The lowest BCUT2D eigenvalue weighted by Gasteiger charge is -2.23. The highest BCUT2D eigenvalue weighted by Crippen LogP contribution is 2.20. The van der Waals surface area contributed by atoms with Gasteiger partial charge in [0.1, 0.15) is 5.71 Å². The van der Waals surface area contributed by atoms with Gasteiger partial charge in [-0.2, -0.15) is 5.10 Å². The summed E-state index contributed by atoms with van der Waals surface area (Å²) in [7, 11) is 0. The van der Waals surface area contributed by atoms with Gasteiger partial charge in [0.15, 0.2) is 0 Å². The molecule has 1 aliphatic heterocycles. The molecule has 0 bridgehead atoms. The number of carbonyl (C=O) groups excluding carboxylic acids is 2. The molecule has 0 spiro atoms. The Bertz CT molecular complexity index is 1160. The molecule has 0 unspecified atom stereocenters. The molecule has 4 rings (SSSR count). The molecule has 0 aromatic heterocycles. The highest BCUT2D eigenvalue weighted by Gasteiger charge is 2.25. The summed E-state index contributed by atoms with van der Waals surface area (Å²) >= 11 is 0. The van der Waals surface area contributed by atoms with Crippen molar-refractivity contribution in [3.05, 3.63) is 96.1 Å². The summed E-state index contributed by atoms with van der Waals surface area (Å²) in [4.78, 5) is 25.0. The van der Waals surface area contributed by atoms with Gasteiger partial charge in [0.2, 0.25) is 5.91 Å². The number of nitrogens with zero attached hydrogens (tertiary/aromatic N) is 2. The molecule has 0 fully saturated rings. The van der Waals surface area contributed by atoms with E-state index >= 15 is 0 Å². The Morgan fingerprint density at radius 1 is 0.833 bits per heavy atom. The molecule has 146 valence electrons. The lowest BCUT2D eigenvalue weighted by Crippen LogP contribution is -2.36. The van der Waals surface area contributed by atoms with Crippen LogP contribution in [0.25, 0.3) is 0 Å². The molecule has 0 saturated heterocycles. The molecule has 2 amide bonds. The van der Waals surface area contributed by atoms with Gasteiger partial charge in [-0.1, -0.05) is 54.3 Å². The van der Waals surface area contributed by atoms with E-state index in [1.807, 2.05) is 66.7 Å². The molecule has 0 atom stereocenters. The Hall–Kier alpha value is -4.17. The maximum atomic E-state index is 12.7. The van der Waals surface area contributed by atoms with E-state index in [0.29, 0.717) is 23.5 Å². The first-order valence-electron chi connectivity index (χ1n) is 9.63. The number of nitrogens with one attached hydrogen (secondary N) is 1. The fourth-order valence-electron chi connectivity index (χ4n) is 3.03. The van der Waals surface area contributed by atoms with Gasteiger partial charge in [0.25, 0.3) is 5.91 Å². The predicted molar refractivity (Wildman–Crippen MR) is 118 cm³/mol. The minimum Gasteiger partial charge on any atom is -0.321 e. The average Bonchev–Trinajstić information content (AvgIpc) is 2.79. The summed E-state index contributed by atoms with van der Waals surface area (Å²) in [5, 5.41) is 8.44. The first-order valence-corrected chi connectivity index (χ1v) is 9.63. The summed E-state index contributed by atoms with van der Waals surface area (Å²) in [5.41, 5.74) is 3.31. The molecule has 1 heterocycles. The number of carbonyl (C=O) groups is 2. The van der Waals surface area contributed by atoms with Crippen molar-refractivity contribution in [3.63, 3.8) is 0 Å². The monoisotopic (exact) mass is 393 g/mol. The average molecular weight is 393 g/mol. The van der Waals surface area contributed by atoms with E-state index in [4.69, 9.17) is 0 Å². The van der Waals surface area contributed by atoms with Crippen LogP contribution in [0.2, 0.25) is 0 Å². The van der Waals surface area contributed by atoms with Gasteiger partial charge in [-0.05, 0) is 42.5 Å². The molecule has 1 aliphatic rings. The maximum absolute atomic E-state index is 12.7. The second-order valence-electron chi connectivity index (χ2n) is 6.74. The number of para-hydroxylation sites is 1. The van der Waals surface area contributed by atoms with Gasteiger partial charge >= 0.3 is 0 Å². The SMILES string of the molecule is O=C(Nc1cccc(C#Cc2ccccc2)c1)C1=NN(c2ccccc2)C(=O)CC1. The molecule has 0 saturated carbocycles. The fourth-order valence-corrected chi connectivity index (χ4v) is 3.03. The summed E-state index contributed by atoms with van der Waals surface area (Å²) < 4.78 is 0. The molecule has 5 nitrogen and oxygen atoms in total. The first kappa shape index (κ1) is 19.2. The van der Waals surface area contributed by atoms with Crippen LogP contribution in [0, 0.1) is 11.8 Å². The Morgan fingerprint density at radius 2 is 1.50 bits per heavy atom. The highest BCUT2D eigenvalue weighted by molar-refractivity contribution is 6.44. The number of hydrogen-bond acceptors (Lipinski definition) is 3. The van der Waals surface area contributed by atoms with Crippen molar-refractivity contribution in [3.8, 4) is 11.8 Å². The molecule has 0 aliphatic carbocycles. The summed E-state index contributed by atoms with van der Waals surface area (Å²) in [6, 6.07) is 26.2. The van der Waals surface area contributed by atoms with E-state index in [1.54, 1.807) is 18.2 Å². The minimum atomic E-state index is -0.323. The van der Waals surface area contributed by atoms with Crippen LogP contribution in [0.4, 0.5) is 11.4 Å². The molecule has 30 heavy (non-hydrogen) atoms. The standard InChI is InChI=1S/C25H19N3O2/c29-24-17-16-23(27-28(24)22-12-5-2-6-13-22)25(30)26-21-11-7-10-20(18-21)15-14-19-8-3-1-4-9-19/h1-13,18H,16-17H2,(H,26,30). The maximum Gasteiger partial charge on any atom is 0.271 e. The van der Waals surface area contributed by atoms with Crippen molar-refractivity contribution < 1.29 is 9.59 Å². The molecule has 0 radical (unpaired) electrons. The highest BCUT2D eigenvalue weighted by atomic mass is 16.2. The van der Waals surface area contributed by atoms with Crippen LogP contribution >= 0.6 is 0 Å². The van der Waals surface area contributed by atoms with E-state index < -0.39 is 0 Å². The molecule has 1 N–H and O–H groups in total. The quantitative estimate of drug-likeness (QED) is 0.678. The van der Waals surface area contributed by atoms with Crippen molar-refractivity contribution in [2.45, 2.75) is 12.8 Å². The third-order valence-corrected chi connectivity index (χ3v) is 4.54. The fraction of sp³-hybridized carbons (Fsp3) is 0.0800. The van der Waals surface area contributed by atoms with Gasteiger partial charge in [0, 0.05) is 29.7 Å². The van der Waals surface area contributed by atoms with E-state index in [0.717, 1.165) is 11.1 Å². The van der Waals surface area contributed by atoms with Crippen LogP contribution in [0.3, 0.4) is 0 Å². The Kier molecular flexibility index (Phi) is 5.68. The second-order valence-corrected chi connectivity index (χ2v) is 6.74. The van der Waals surface area contributed by atoms with E-state index in [2.05, 4.69) is 22.3 Å². The van der Waals surface area contributed by atoms with Crippen LogP contribution in [0.5, 0.6) is 0 Å². The Morgan fingerprint density at radius 3 is 2.27 bits per heavy atom. The zero-order valence-electron chi connectivity index (χ0n) is 16.2. The largest absolute Gasteiger partial charge is 0.321 e. The lowest BCUT2D eigenvalue weighted by molar-refractivity contribution is -0.118. The van der Waals surface area contributed by atoms with Crippen LogP contribution in [0.15, 0.2) is 90.0 Å². The molecular weight excluding hydrogens is 374 g/mol. The normalized spacial score (nSPS) is 13.1. The van der Waals surface area contributed by atoms with Crippen molar-refractivity contribution in [2.75, 3.05) is 10.3 Å². The molecule has 3 aromatic rings. The van der Waals surface area contributed by atoms with Crippen molar-refractivity contribution in [1.82, 2.24) is 0 Å². The summed E-state index contributed by atoms with van der Waals surface area (Å²) in [5.74, 6) is 5.76. The topological polar surface area (TPSA) is 61.8 Å². The van der Waals surface area contributed by atoms with Crippen LogP contribution < -0.4 is 10.3 Å². The van der Waals surface area contributed by atoms with Crippen molar-refractivity contribution in [2.24, 2.45) is 5.10 Å². The van der Waals surface area contributed by atoms with Crippen LogP contribution in [-0.2, 0) is 9.59 Å². The summed E-state index contributed by atoms with van der Waals surface area (Å²) in [6.07, 6.45) is 0.547. The van der Waals surface area contributed by atoms with E-state index in [9.17, 15) is 9.59 Å². The van der Waals surface area contributed by atoms with Gasteiger partial charge < -0.3 is 5.32 Å². The Labute approximate surface area is 175 Å². The van der Waals surface area contributed by atoms with Crippen molar-refractivity contribution >= 4 is 28.9 Å². The number of anilines is 2. The molecule has 3 aromatic carbocycles. The summed E-state index contributed by atoms with van der Waals surface area (Å²) in [6.45, 7) is 0. The Balaban J connectivity index is 1.50. The van der Waals surface area contributed by atoms with Gasteiger partial charge in [-0.25, -0.2) is 5.01 Å². The lowest BCUT2D eigenvalue weighted by atomic mass is 10.1. The molecule has 5 heteroatoms. The van der Waals surface area contributed by atoms with Crippen LogP contribution in [-0.4, -0.2) is 17.5 Å². The predicted octanol–water partition coefficient (Wildman–Crippen LogP) is 4.21. The second kappa shape index (κ2) is 8.89. The number of hydrogen-bond donors (Lipinski definition) is 1. The third-order valence-electron chi connectivity index (χ3n) is 4.54. The van der Waals surface area contributed by atoms with Gasteiger partial charge in [-0.3, -0.25) is 9.59 Å². The number of hydrazone groups is 1. The number of rotatable bonds is 3. The zero-order valence-corrected chi connectivity index (χ0v) is 16.2. The zero-order chi connectivity index (χ0) is 20.8. The number of benzene rings is 3. The van der Waals surface area contributed by atoms with Gasteiger partial charge in [0.05, 0.1) is 5.69 Å². The van der Waals surface area contributed by atoms with E-state index in [1.165, 1.54) is 5.01 Å². The first-order chi connectivity index (χ1) is 14.7. The van der Waals surface area contributed by atoms with Gasteiger partial charge in [-0.15, -0.1) is 0 Å². The van der Waals surface area contributed by atoms with Crippen molar-refractivity contribution in [1.29, 1.82) is 0 Å². The molecular formula is C25H19N3O2. The third kappa shape index (κ3) is 4.62. The van der Waals surface area contributed by atoms with E-state index in [-0.39, 0.29) is 18.2 Å².